The summed E-state index contributed by atoms with van der Waals surface area (Å²) < 4.78 is 26.1. The van der Waals surface area contributed by atoms with E-state index in [1.165, 1.54) is 29.5 Å². The SMILES string of the molecule is CNc1ncc(S(=O)(=O)N(C)CC2CCCC2)cn1. The topological polar surface area (TPSA) is 75.2 Å². The Morgan fingerprint density at radius 3 is 2.42 bits per heavy atom. The molecule has 1 saturated carbocycles. The summed E-state index contributed by atoms with van der Waals surface area (Å²) in [5.74, 6) is 0.898. The molecular weight excluding hydrogens is 264 g/mol. The first-order valence-corrected chi connectivity index (χ1v) is 7.94. The lowest BCUT2D eigenvalue weighted by molar-refractivity contribution is 0.387. The maximum absolute atomic E-state index is 12.3. The molecule has 0 amide bonds. The van der Waals surface area contributed by atoms with Crippen molar-refractivity contribution in [1.29, 1.82) is 0 Å². The van der Waals surface area contributed by atoms with E-state index < -0.39 is 10.0 Å². The Hall–Kier alpha value is -1.21. The molecule has 0 aromatic carbocycles. The predicted octanol–water partition coefficient (Wildman–Crippen LogP) is 1.33. The zero-order chi connectivity index (χ0) is 13.9. The Morgan fingerprint density at radius 1 is 1.32 bits per heavy atom. The standard InChI is InChI=1S/C12H20N4O2S/c1-13-12-14-7-11(8-15-12)19(17,18)16(2)9-10-5-3-4-6-10/h7-8,10H,3-6,9H2,1-2H3,(H,13,14,15). The molecule has 6 nitrogen and oxygen atoms in total. The first-order chi connectivity index (χ1) is 9.04. The van der Waals surface area contributed by atoms with E-state index >= 15 is 0 Å². The van der Waals surface area contributed by atoms with E-state index in [0.717, 1.165) is 12.8 Å². The molecule has 1 fully saturated rings. The zero-order valence-corrected chi connectivity index (χ0v) is 12.2. The summed E-state index contributed by atoms with van der Waals surface area (Å²) in [5, 5.41) is 2.76. The number of nitrogens with zero attached hydrogens (tertiary/aromatic N) is 3. The van der Waals surface area contributed by atoms with Gasteiger partial charge in [0.15, 0.2) is 0 Å². The molecule has 0 saturated heterocycles. The molecule has 7 heteroatoms. The minimum absolute atomic E-state index is 0.145. The van der Waals surface area contributed by atoms with Crippen molar-refractivity contribution in [3.05, 3.63) is 12.4 Å². The molecule has 0 spiro atoms. The smallest absolute Gasteiger partial charge is 0.245 e. The third-order valence-electron chi connectivity index (χ3n) is 3.55. The third-order valence-corrected chi connectivity index (χ3v) is 5.33. The molecule has 1 heterocycles. The van der Waals surface area contributed by atoms with E-state index in [4.69, 9.17) is 0 Å². The number of nitrogens with one attached hydrogen (secondary N) is 1. The van der Waals surface area contributed by atoms with Crippen LogP contribution in [0.4, 0.5) is 5.95 Å². The quantitative estimate of drug-likeness (QED) is 0.883. The van der Waals surface area contributed by atoms with E-state index in [1.54, 1.807) is 14.1 Å². The Balaban J connectivity index is 2.10. The maximum atomic E-state index is 12.3. The normalized spacial score (nSPS) is 17.0. The first kappa shape index (κ1) is 14.2. The van der Waals surface area contributed by atoms with Gasteiger partial charge in [-0.3, -0.25) is 0 Å². The van der Waals surface area contributed by atoms with Gasteiger partial charge in [-0.25, -0.2) is 22.7 Å². The molecule has 19 heavy (non-hydrogen) atoms. The van der Waals surface area contributed by atoms with Gasteiger partial charge in [-0.05, 0) is 18.8 Å². The van der Waals surface area contributed by atoms with Gasteiger partial charge in [-0.2, -0.15) is 0 Å². The van der Waals surface area contributed by atoms with Crippen LogP contribution < -0.4 is 5.32 Å². The van der Waals surface area contributed by atoms with Gasteiger partial charge in [0.1, 0.15) is 4.90 Å². The second kappa shape index (κ2) is 5.83. The van der Waals surface area contributed by atoms with Crippen molar-refractivity contribution in [2.24, 2.45) is 5.92 Å². The highest BCUT2D eigenvalue weighted by molar-refractivity contribution is 7.89. The molecule has 106 valence electrons. The Morgan fingerprint density at radius 2 is 1.89 bits per heavy atom. The van der Waals surface area contributed by atoms with Gasteiger partial charge in [-0.15, -0.1) is 0 Å². The van der Waals surface area contributed by atoms with Crippen molar-refractivity contribution < 1.29 is 8.42 Å². The summed E-state index contributed by atoms with van der Waals surface area (Å²) in [6.45, 7) is 0.579. The molecule has 1 aromatic rings. The van der Waals surface area contributed by atoms with Gasteiger partial charge in [0, 0.05) is 20.6 Å². The number of aromatic nitrogens is 2. The van der Waals surface area contributed by atoms with Crippen molar-refractivity contribution >= 4 is 16.0 Å². The summed E-state index contributed by atoms with van der Waals surface area (Å²) >= 11 is 0. The van der Waals surface area contributed by atoms with Crippen molar-refractivity contribution in [2.45, 2.75) is 30.6 Å². The van der Waals surface area contributed by atoms with Gasteiger partial charge in [0.2, 0.25) is 16.0 Å². The van der Waals surface area contributed by atoms with Crippen LogP contribution in [0.25, 0.3) is 0 Å². The van der Waals surface area contributed by atoms with Crippen molar-refractivity contribution in [2.75, 3.05) is 26.0 Å². The second-order valence-electron chi connectivity index (χ2n) is 4.93. The fourth-order valence-electron chi connectivity index (χ4n) is 2.41. The average Bonchev–Trinajstić information content (AvgIpc) is 2.91. The van der Waals surface area contributed by atoms with Crippen LogP contribution in [0.3, 0.4) is 0 Å². The zero-order valence-electron chi connectivity index (χ0n) is 11.3. The molecule has 1 aliphatic carbocycles. The van der Waals surface area contributed by atoms with Crippen LogP contribution in [0, 0.1) is 5.92 Å². The molecule has 2 rings (SSSR count). The van der Waals surface area contributed by atoms with Crippen LogP contribution in [0.2, 0.25) is 0 Å². The Labute approximate surface area is 114 Å². The molecular formula is C12H20N4O2S. The lowest BCUT2D eigenvalue weighted by atomic mass is 10.1. The van der Waals surface area contributed by atoms with E-state index in [-0.39, 0.29) is 4.90 Å². The van der Waals surface area contributed by atoms with Gasteiger partial charge < -0.3 is 5.32 Å². The highest BCUT2D eigenvalue weighted by atomic mass is 32.2. The molecule has 0 radical (unpaired) electrons. The molecule has 0 atom stereocenters. The summed E-state index contributed by atoms with van der Waals surface area (Å²) in [6.07, 6.45) is 7.35. The van der Waals surface area contributed by atoms with Crippen molar-refractivity contribution in [1.82, 2.24) is 14.3 Å². The Kier molecular flexibility index (Phi) is 4.36. The highest BCUT2D eigenvalue weighted by Gasteiger charge is 2.26. The molecule has 1 aromatic heterocycles. The first-order valence-electron chi connectivity index (χ1n) is 6.50. The van der Waals surface area contributed by atoms with Gasteiger partial charge in [-0.1, -0.05) is 12.8 Å². The summed E-state index contributed by atoms with van der Waals surface area (Å²) in [7, 11) is -0.156. The fraction of sp³-hybridized carbons (Fsp3) is 0.667. The molecule has 0 bridgehead atoms. The van der Waals surface area contributed by atoms with Crippen LogP contribution in [-0.4, -0.2) is 43.3 Å². The van der Waals surface area contributed by atoms with Gasteiger partial charge in [0.05, 0.1) is 12.4 Å². The molecule has 0 aliphatic heterocycles. The Bertz CT molecular complexity index is 509. The van der Waals surface area contributed by atoms with E-state index in [2.05, 4.69) is 15.3 Å². The predicted molar refractivity (Wildman–Crippen MR) is 73.4 cm³/mol. The summed E-state index contributed by atoms with van der Waals surface area (Å²) in [5.41, 5.74) is 0. The van der Waals surface area contributed by atoms with Gasteiger partial charge >= 0.3 is 0 Å². The van der Waals surface area contributed by atoms with Crippen LogP contribution in [0.1, 0.15) is 25.7 Å². The number of hydrogen-bond acceptors (Lipinski definition) is 5. The number of hydrogen-bond donors (Lipinski definition) is 1. The fourth-order valence-corrected chi connectivity index (χ4v) is 3.55. The number of rotatable bonds is 5. The van der Waals surface area contributed by atoms with Gasteiger partial charge in [0.25, 0.3) is 0 Å². The largest absolute Gasteiger partial charge is 0.357 e. The van der Waals surface area contributed by atoms with Crippen LogP contribution in [-0.2, 0) is 10.0 Å². The molecule has 0 unspecified atom stereocenters. The summed E-state index contributed by atoms with van der Waals surface area (Å²) in [6, 6.07) is 0. The lowest BCUT2D eigenvalue weighted by Gasteiger charge is -2.20. The van der Waals surface area contributed by atoms with Crippen molar-refractivity contribution in [3.63, 3.8) is 0 Å². The highest BCUT2D eigenvalue weighted by Crippen LogP contribution is 2.26. The molecule has 1 aliphatic rings. The van der Waals surface area contributed by atoms with E-state index in [1.807, 2.05) is 0 Å². The third kappa shape index (κ3) is 3.22. The monoisotopic (exact) mass is 284 g/mol. The maximum Gasteiger partial charge on any atom is 0.245 e. The minimum Gasteiger partial charge on any atom is -0.357 e. The lowest BCUT2D eigenvalue weighted by Crippen LogP contribution is -2.31. The van der Waals surface area contributed by atoms with Crippen LogP contribution >= 0.6 is 0 Å². The average molecular weight is 284 g/mol. The van der Waals surface area contributed by atoms with Crippen LogP contribution in [0.15, 0.2) is 17.3 Å². The molecule has 1 N–H and O–H groups in total. The van der Waals surface area contributed by atoms with Crippen LogP contribution in [0.5, 0.6) is 0 Å². The minimum atomic E-state index is -3.47. The van der Waals surface area contributed by atoms with E-state index in [9.17, 15) is 8.42 Å². The second-order valence-corrected chi connectivity index (χ2v) is 6.97. The summed E-state index contributed by atoms with van der Waals surface area (Å²) in [4.78, 5) is 8.04. The van der Waals surface area contributed by atoms with Crippen molar-refractivity contribution in [3.8, 4) is 0 Å². The number of anilines is 1. The number of sulfonamides is 1. The van der Waals surface area contributed by atoms with E-state index in [0.29, 0.717) is 18.4 Å².